The molecule has 1 aromatic carbocycles. The van der Waals surface area contributed by atoms with E-state index >= 15 is 0 Å². The number of halogens is 1. The molecule has 0 amide bonds. The predicted octanol–water partition coefficient (Wildman–Crippen LogP) is 3.01. The van der Waals surface area contributed by atoms with Crippen LogP contribution in [0, 0.1) is 5.92 Å². The van der Waals surface area contributed by atoms with Gasteiger partial charge in [0.25, 0.3) is 0 Å². The van der Waals surface area contributed by atoms with Gasteiger partial charge in [-0.2, -0.15) is 0 Å². The Hall–Kier alpha value is -0.730. The molecule has 0 radical (unpaired) electrons. The van der Waals surface area contributed by atoms with E-state index in [1.54, 1.807) is 12.1 Å². The molecule has 3 heteroatoms. The molecule has 0 bridgehead atoms. The molecule has 82 valence electrons. The second-order valence-electron chi connectivity index (χ2n) is 4.06. The van der Waals surface area contributed by atoms with Gasteiger partial charge in [-0.3, -0.25) is 0 Å². The van der Waals surface area contributed by atoms with Crippen LogP contribution in [0.4, 0.5) is 0 Å². The molecular formula is C12H15ClO2. The molecule has 1 saturated carbocycles. The molecule has 1 aliphatic carbocycles. The molecule has 0 heterocycles. The van der Waals surface area contributed by atoms with Crippen LogP contribution in [0.3, 0.4) is 0 Å². The van der Waals surface area contributed by atoms with Crippen LogP contribution in [-0.4, -0.2) is 11.7 Å². The summed E-state index contributed by atoms with van der Waals surface area (Å²) in [5.41, 5.74) is 0.797. The first-order chi connectivity index (χ1) is 7.28. The molecular weight excluding hydrogens is 212 g/mol. The maximum Gasteiger partial charge on any atom is 0.121 e. The molecule has 2 nitrogen and oxygen atoms in total. The topological polar surface area (TPSA) is 29.5 Å². The largest absolute Gasteiger partial charge is 0.493 e. The molecule has 2 rings (SSSR count). The van der Waals surface area contributed by atoms with Crippen molar-refractivity contribution >= 4 is 11.6 Å². The quantitative estimate of drug-likeness (QED) is 0.855. The fourth-order valence-electron chi connectivity index (χ4n) is 1.67. The Kier molecular flexibility index (Phi) is 3.49. The summed E-state index contributed by atoms with van der Waals surface area (Å²) in [7, 11) is 0. The summed E-state index contributed by atoms with van der Waals surface area (Å²) >= 11 is 5.90. The zero-order valence-electron chi connectivity index (χ0n) is 8.58. The molecule has 0 unspecified atom stereocenters. The number of rotatable bonds is 4. The van der Waals surface area contributed by atoms with Crippen LogP contribution < -0.4 is 4.74 Å². The minimum absolute atomic E-state index is 0.000346. The summed E-state index contributed by atoms with van der Waals surface area (Å²) in [5.74, 6) is 1.47. The molecule has 0 aliphatic heterocycles. The van der Waals surface area contributed by atoms with E-state index in [1.165, 1.54) is 19.3 Å². The average Bonchev–Trinajstić information content (AvgIpc) is 2.14. The van der Waals surface area contributed by atoms with E-state index in [4.69, 9.17) is 21.4 Å². The van der Waals surface area contributed by atoms with E-state index in [-0.39, 0.29) is 6.61 Å². The minimum atomic E-state index is 0.000346. The monoisotopic (exact) mass is 226 g/mol. The third-order valence-electron chi connectivity index (χ3n) is 2.82. The van der Waals surface area contributed by atoms with E-state index in [0.717, 1.165) is 17.9 Å². The van der Waals surface area contributed by atoms with Crippen molar-refractivity contribution in [3.63, 3.8) is 0 Å². The molecule has 15 heavy (non-hydrogen) atoms. The standard InChI is InChI=1S/C12H15ClO2/c13-11-4-10(7-14)5-12(6-11)15-8-9-2-1-3-9/h4-6,9,14H,1-3,7-8H2. The average molecular weight is 227 g/mol. The summed E-state index contributed by atoms with van der Waals surface area (Å²) in [5, 5.41) is 9.62. The molecule has 0 aromatic heterocycles. The number of benzene rings is 1. The van der Waals surface area contributed by atoms with E-state index in [0.29, 0.717) is 10.9 Å². The maximum absolute atomic E-state index is 9.01. The Balaban J connectivity index is 1.96. The van der Waals surface area contributed by atoms with Gasteiger partial charge in [-0.25, -0.2) is 0 Å². The second-order valence-corrected chi connectivity index (χ2v) is 4.50. The first-order valence-electron chi connectivity index (χ1n) is 5.31. The summed E-state index contributed by atoms with van der Waals surface area (Å²) in [6.45, 7) is 0.769. The van der Waals surface area contributed by atoms with Crippen molar-refractivity contribution in [2.45, 2.75) is 25.9 Å². The van der Waals surface area contributed by atoms with Crippen molar-refractivity contribution < 1.29 is 9.84 Å². The summed E-state index contributed by atoms with van der Waals surface area (Å²) in [6, 6.07) is 5.38. The first kappa shape index (κ1) is 10.8. The van der Waals surface area contributed by atoms with Gasteiger partial charge in [0.05, 0.1) is 13.2 Å². The van der Waals surface area contributed by atoms with Gasteiger partial charge in [0.15, 0.2) is 0 Å². The van der Waals surface area contributed by atoms with E-state index in [1.807, 2.05) is 6.07 Å². The Morgan fingerprint density at radius 2 is 2.13 bits per heavy atom. The third-order valence-corrected chi connectivity index (χ3v) is 3.04. The normalized spacial score (nSPS) is 16.1. The zero-order valence-corrected chi connectivity index (χ0v) is 9.33. The lowest BCUT2D eigenvalue weighted by Gasteiger charge is -2.25. The van der Waals surface area contributed by atoms with Gasteiger partial charge in [0, 0.05) is 5.02 Å². The molecule has 1 N–H and O–H groups in total. The first-order valence-corrected chi connectivity index (χ1v) is 5.69. The molecule has 1 aromatic rings. The highest BCUT2D eigenvalue weighted by Gasteiger charge is 2.17. The van der Waals surface area contributed by atoms with E-state index in [9.17, 15) is 0 Å². The molecule has 1 fully saturated rings. The zero-order chi connectivity index (χ0) is 10.7. The Morgan fingerprint density at radius 1 is 1.33 bits per heavy atom. The molecule has 0 saturated heterocycles. The number of aliphatic hydroxyl groups excluding tert-OH is 1. The van der Waals surface area contributed by atoms with Crippen LogP contribution in [0.5, 0.6) is 5.75 Å². The lowest BCUT2D eigenvalue weighted by Crippen LogP contribution is -2.19. The summed E-state index contributed by atoms with van der Waals surface area (Å²) in [6.07, 6.45) is 3.87. The third kappa shape index (κ3) is 2.86. The molecule has 0 spiro atoms. The van der Waals surface area contributed by atoms with Gasteiger partial charge in [0.1, 0.15) is 5.75 Å². The van der Waals surface area contributed by atoms with Crippen LogP contribution in [0.1, 0.15) is 24.8 Å². The van der Waals surface area contributed by atoms with Crippen LogP contribution in [-0.2, 0) is 6.61 Å². The maximum atomic E-state index is 9.01. The predicted molar refractivity (Wildman–Crippen MR) is 60.2 cm³/mol. The van der Waals surface area contributed by atoms with E-state index in [2.05, 4.69) is 0 Å². The number of hydrogen-bond donors (Lipinski definition) is 1. The summed E-state index contributed by atoms with van der Waals surface area (Å²) in [4.78, 5) is 0. The van der Waals surface area contributed by atoms with Crippen molar-refractivity contribution in [1.29, 1.82) is 0 Å². The van der Waals surface area contributed by atoms with Crippen molar-refractivity contribution in [2.75, 3.05) is 6.61 Å². The van der Waals surface area contributed by atoms with Gasteiger partial charge >= 0.3 is 0 Å². The van der Waals surface area contributed by atoms with Crippen LogP contribution in [0.2, 0.25) is 5.02 Å². The van der Waals surface area contributed by atoms with Gasteiger partial charge in [0.2, 0.25) is 0 Å². The highest BCUT2D eigenvalue weighted by Crippen LogP contribution is 2.28. The molecule has 1 aliphatic rings. The van der Waals surface area contributed by atoms with Crippen LogP contribution >= 0.6 is 11.6 Å². The molecule has 0 atom stereocenters. The van der Waals surface area contributed by atoms with Gasteiger partial charge in [-0.1, -0.05) is 18.0 Å². The van der Waals surface area contributed by atoms with Crippen molar-refractivity contribution in [1.82, 2.24) is 0 Å². The number of hydrogen-bond acceptors (Lipinski definition) is 2. The Bertz CT molecular complexity index is 334. The number of aliphatic hydroxyl groups is 1. The number of ether oxygens (including phenoxy) is 1. The smallest absolute Gasteiger partial charge is 0.121 e. The van der Waals surface area contributed by atoms with Gasteiger partial charge in [-0.15, -0.1) is 0 Å². The minimum Gasteiger partial charge on any atom is -0.493 e. The van der Waals surface area contributed by atoms with Crippen molar-refractivity contribution in [2.24, 2.45) is 5.92 Å². The highest BCUT2D eigenvalue weighted by molar-refractivity contribution is 6.30. The van der Waals surface area contributed by atoms with Gasteiger partial charge < -0.3 is 9.84 Å². The fraction of sp³-hybridized carbons (Fsp3) is 0.500. The SMILES string of the molecule is OCc1cc(Cl)cc(OCC2CCC2)c1. The lowest BCUT2D eigenvalue weighted by molar-refractivity contribution is 0.180. The van der Waals surface area contributed by atoms with E-state index < -0.39 is 0 Å². The lowest BCUT2D eigenvalue weighted by atomic mass is 9.86. The highest BCUT2D eigenvalue weighted by atomic mass is 35.5. The van der Waals surface area contributed by atoms with Crippen molar-refractivity contribution in [3.8, 4) is 5.75 Å². The Morgan fingerprint density at radius 3 is 2.73 bits per heavy atom. The van der Waals surface area contributed by atoms with Crippen molar-refractivity contribution in [3.05, 3.63) is 28.8 Å². The fourth-order valence-corrected chi connectivity index (χ4v) is 1.92. The van der Waals surface area contributed by atoms with Crippen LogP contribution in [0.25, 0.3) is 0 Å². The second kappa shape index (κ2) is 4.86. The Labute approximate surface area is 94.8 Å². The van der Waals surface area contributed by atoms with Gasteiger partial charge in [-0.05, 0) is 42.5 Å². The summed E-state index contributed by atoms with van der Waals surface area (Å²) < 4.78 is 5.64. The van der Waals surface area contributed by atoms with Crippen LogP contribution in [0.15, 0.2) is 18.2 Å².